The largest absolute Gasteiger partial charge is 0.305 e. The van der Waals surface area contributed by atoms with E-state index < -0.39 is 0 Å². The summed E-state index contributed by atoms with van der Waals surface area (Å²) in [6.07, 6.45) is 6.89. The summed E-state index contributed by atoms with van der Waals surface area (Å²) in [6, 6.07) is 1.58. The Morgan fingerprint density at radius 1 is 1.24 bits per heavy atom. The molecule has 0 N–H and O–H groups in total. The summed E-state index contributed by atoms with van der Waals surface area (Å²) < 4.78 is 0. The molecule has 0 aromatic rings. The number of nitrogens with zero attached hydrogens (tertiary/aromatic N) is 2. The molecule has 1 saturated heterocycles. The molecule has 0 saturated carbocycles. The van der Waals surface area contributed by atoms with Gasteiger partial charge in [0.25, 0.3) is 0 Å². The number of likely N-dealkylation sites (tertiary alicyclic amines) is 1. The van der Waals surface area contributed by atoms with Gasteiger partial charge in [0.1, 0.15) is 0 Å². The van der Waals surface area contributed by atoms with Crippen molar-refractivity contribution in [1.82, 2.24) is 9.80 Å². The van der Waals surface area contributed by atoms with Crippen molar-refractivity contribution in [3.63, 3.8) is 0 Å². The lowest BCUT2D eigenvalue weighted by Crippen LogP contribution is -2.39. The Balaban J connectivity index is 2.10. The van der Waals surface area contributed by atoms with Crippen LogP contribution in [0, 0.1) is 5.92 Å². The maximum Gasteiger partial charge on any atom is 0.0223 e. The lowest BCUT2D eigenvalue weighted by molar-refractivity contribution is 0.191. The van der Waals surface area contributed by atoms with Crippen molar-refractivity contribution < 1.29 is 0 Å². The quantitative estimate of drug-likeness (QED) is 0.630. The molecule has 0 unspecified atom stereocenters. The van der Waals surface area contributed by atoms with Crippen LogP contribution < -0.4 is 0 Å². The third kappa shape index (κ3) is 5.39. The Bertz CT molecular complexity index is 203. The Hall–Kier alpha value is -0.0800. The van der Waals surface area contributed by atoms with Crippen molar-refractivity contribution in [2.24, 2.45) is 5.92 Å². The fraction of sp³-hybridized carbons (Fsp3) is 1.00. The minimum absolute atomic E-state index is 0.786. The minimum Gasteiger partial charge on any atom is -0.305 e. The number of hydrogen-bond acceptors (Lipinski definition) is 2. The third-order valence-electron chi connectivity index (χ3n) is 4.28. The van der Waals surface area contributed by atoms with Gasteiger partial charge in [-0.1, -0.05) is 26.7 Å². The monoisotopic (exact) mass is 240 g/mol. The van der Waals surface area contributed by atoms with E-state index in [-0.39, 0.29) is 0 Å². The van der Waals surface area contributed by atoms with Gasteiger partial charge in [0.15, 0.2) is 0 Å². The number of hydrogen-bond donors (Lipinski definition) is 0. The second kappa shape index (κ2) is 7.38. The first kappa shape index (κ1) is 15.0. The normalized spacial score (nSPS) is 26.3. The van der Waals surface area contributed by atoms with Crippen molar-refractivity contribution >= 4 is 0 Å². The highest BCUT2D eigenvalue weighted by molar-refractivity contribution is 4.84. The average Bonchev–Trinajstić information content (AvgIpc) is 2.56. The highest BCUT2D eigenvalue weighted by Crippen LogP contribution is 2.22. The Kier molecular flexibility index (Phi) is 6.50. The van der Waals surface area contributed by atoms with E-state index in [9.17, 15) is 0 Å². The predicted molar refractivity (Wildman–Crippen MR) is 76.4 cm³/mol. The van der Waals surface area contributed by atoms with Crippen molar-refractivity contribution in [2.75, 3.05) is 27.2 Å². The van der Waals surface area contributed by atoms with Crippen LogP contribution in [-0.2, 0) is 0 Å². The van der Waals surface area contributed by atoms with E-state index in [0.29, 0.717) is 0 Å². The molecule has 1 fully saturated rings. The first-order valence-electron chi connectivity index (χ1n) is 7.41. The highest BCUT2D eigenvalue weighted by atomic mass is 15.2. The van der Waals surface area contributed by atoms with Crippen LogP contribution in [0.3, 0.4) is 0 Å². The molecule has 2 atom stereocenters. The average molecular weight is 240 g/mol. The molecule has 17 heavy (non-hydrogen) atoms. The van der Waals surface area contributed by atoms with Gasteiger partial charge >= 0.3 is 0 Å². The smallest absolute Gasteiger partial charge is 0.0223 e. The van der Waals surface area contributed by atoms with Gasteiger partial charge in [0, 0.05) is 18.6 Å². The zero-order valence-corrected chi connectivity index (χ0v) is 12.6. The maximum absolute atomic E-state index is 2.56. The van der Waals surface area contributed by atoms with Gasteiger partial charge in [0.05, 0.1) is 0 Å². The molecule has 2 nitrogen and oxygen atoms in total. The van der Waals surface area contributed by atoms with E-state index in [1.54, 1.807) is 0 Å². The van der Waals surface area contributed by atoms with Crippen LogP contribution in [0.2, 0.25) is 0 Å². The molecule has 2 heteroatoms. The molecular formula is C15H32N2. The molecule has 0 amide bonds. The summed E-state index contributed by atoms with van der Waals surface area (Å²) in [5.74, 6) is 0.863. The minimum atomic E-state index is 0.786. The molecule has 0 aliphatic carbocycles. The summed E-state index contributed by atoms with van der Waals surface area (Å²) in [5, 5.41) is 0. The molecule has 0 aromatic carbocycles. The van der Waals surface area contributed by atoms with Gasteiger partial charge in [-0.25, -0.2) is 0 Å². The van der Waals surface area contributed by atoms with E-state index in [1.165, 1.54) is 45.2 Å². The molecule has 1 rings (SSSR count). The van der Waals surface area contributed by atoms with Crippen LogP contribution in [-0.4, -0.2) is 49.1 Å². The summed E-state index contributed by atoms with van der Waals surface area (Å²) in [7, 11) is 4.57. The second-order valence-corrected chi connectivity index (χ2v) is 6.40. The van der Waals surface area contributed by atoms with Crippen LogP contribution in [0.25, 0.3) is 0 Å². The number of likely N-dealkylation sites (N-methyl/N-ethyl adjacent to an activating group) is 2. The van der Waals surface area contributed by atoms with Crippen LogP contribution in [0.5, 0.6) is 0 Å². The Morgan fingerprint density at radius 3 is 2.47 bits per heavy atom. The molecule has 1 aliphatic rings. The molecule has 1 heterocycles. The second-order valence-electron chi connectivity index (χ2n) is 6.40. The van der Waals surface area contributed by atoms with E-state index in [0.717, 1.165) is 18.0 Å². The lowest BCUT2D eigenvalue weighted by Gasteiger charge is -2.28. The van der Waals surface area contributed by atoms with Gasteiger partial charge in [-0.2, -0.15) is 0 Å². The molecule has 102 valence electrons. The van der Waals surface area contributed by atoms with Gasteiger partial charge in [0.2, 0.25) is 0 Å². The maximum atomic E-state index is 2.56. The third-order valence-corrected chi connectivity index (χ3v) is 4.28. The highest BCUT2D eigenvalue weighted by Gasteiger charge is 2.27. The van der Waals surface area contributed by atoms with Crippen LogP contribution in [0.15, 0.2) is 0 Å². The SMILES string of the molecule is CC(C)CCCCN(C)C[C@H]1CC[C@@H](C)N1C. The van der Waals surface area contributed by atoms with E-state index in [1.807, 2.05) is 0 Å². The van der Waals surface area contributed by atoms with Gasteiger partial charge < -0.3 is 4.90 Å². The van der Waals surface area contributed by atoms with Gasteiger partial charge in [-0.3, -0.25) is 4.90 Å². The van der Waals surface area contributed by atoms with E-state index in [4.69, 9.17) is 0 Å². The Labute approximate surface area is 108 Å². The number of rotatable bonds is 7. The standard InChI is InChI=1S/C15H32N2/c1-13(2)8-6-7-11-16(4)12-15-10-9-14(3)17(15)5/h13-15H,6-12H2,1-5H3/t14-,15-/m1/s1. The topological polar surface area (TPSA) is 6.48 Å². The fourth-order valence-corrected chi connectivity index (χ4v) is 2.81. The van der Waals surface area contributed by atoms with E-state index in [2.05, 4.69) is 44.7 Å². The van der Waals surface area contributed by atoms with Crippen LogP contribution >= 0.6 is 0 Å². The van der Waals surface area contributed by atoms with Crippen molar-refractivity contribution in [3.8, 4) is 0 Å². The predicted octanol–water partition coefficient (Wildman–Crippen LogP) is 3.23. The first-order valence-corrected chi connectivity index (χ1v) is 7.41. The summed E-state index contributed by atoms with van der Waals surface area (Å²) in [4.78, 5) is 5.09. The van der Waals surface area contributed by atoms with Crippen molar-refractivity contribution in [1.29, 1.82) is 0 Å². The molecule has 0 radical (unpaired) electrons. The van der Waals surface area contributed by atoms with Crippen molar-refractivity contribution in [2.45, 2.75) is 65.0 Å². The Morgan fingerprint density at radius 2 is 1.94 bits per heavy atom. The summed E-state index contributed by atoms with van der Waals surface area (Å²) in [6.45, 7) is 9.51. The van der Waals surface area contributed by atoms with Crippen LogP contribution in [0.4, 0.5) is 0 Å². The van der Waals surface area contributed by atoms with Crippen LogP contribution in [0.1, 0.15) is 52.9 Å². The molecule has 0 spiro atoms. The summed E-state index contributed by atoms with van der Waals surface area (Å²) in [5.41, 5.74) is 0. The molecule has 0 aromatic heterocycles. The lowest BCUT2D eigenvalue weighted by atomic mass is 10.1. The first-order chi connectivity index (χ1) is 8.00. The van der Waals surface area contributed by atoms with Gasteiger partial charge in [-0.15, -0.1) is 0 Å². The zero-order chi connectivity index (χ0) is 12.8. The molecular weight excluding hydrogens is 208 g/mol. The van der Waals surface area contributed by atoms with Gasteiger partial charge in [-0.05, 0) is 52.7 Å². The fourth-order valence-electron chi connectivity index (χ4n) is 2.81. The summed E-state index contributed by atoms with van der Waals surface area (Å²) >= 11 is 0. The van der Waals surface area contributed by atoms with E-state index >= 15 is 0 Å². The molecule has 1 aliphatic heterocycles. The number of unbranched alkanes of at least 4 members (excludes halogenated alkanes) is 1. The molecule has 0 bridgehead atoms. The zero-order valence-electron chi connectivity index (χ0n) is 12.6. The van der Waals surface area contributed by atoms with Crippen molar-refractivity contribution in [3.05, 3.63) is 0 Å².